The number of nitrogens with one attached hydrogen (secondary N) is 3. The molecule has 0 aromatic rings. The maximum Gasteiger partial charge on any atom is 0.234 e. The normalized spacial score (nSPS) is 16.0. The van der Waals surface area contributed by atoms with Gasteiger partial charge in [-0.25, -0.2) is 0 Å². The second-order valence-corrected chi connectivity index (χ2v) is 7.46. The lowest BCUT2D eigenvalue weighted by molar-refractivity contribution is -0.122. The molecule has 1 aliphatic rings. The summed E-state index contributed by atoms with van der Waals surface area (Å²) in [5, 5.41) is 9.89. The molecule has 0 radical (unpaired) electrons. The van der Waals surface area contributed by atoms with Gasteiger partial charge in [0.2, 0.25) is 5.91 Å². The van der Waals surface area contributed by atoms with E-state index in [1.165, 1.54) is 12.8 Å². The monoisotopic (exact) mass is 510 g/mol. The van der Waals surface area contributed by atoms with Crippen LogP contribution in [0, 0.1) is 0 Å². The molecule has 166 valence electrons. The van der Waals surface area contributed by atoms with Crippen molar-refractivity contribution in [1.29, 1.82) is 0 Å². The zero-order chi connectivity index (χ0) is 19.9. The number of amides is 1. The molecule has 0 aromatic carbocycles. The fourth-order valence-corrected chi connectivity index (χ4v) is 3.14. The van der Waals surface area contributed by atoms with E-state index in [2.05, 4.69) is 53.6 Å². The Bertz CT molecular complexity index is 427. The third kappa shape index (κ3) is 12.8. The molecular formula is C20H43IN6O. The smallest absolute Gasteiger partial charge is 0.234 e. The van der Waals surface area contributed by atoms with Gasteiger partial charge in [0.1, 0.15) is 0 Å². The molecule has 0 saturated carbocycles. The summed E-state index contributed by atoms with van der Waals surface area (Å²) in [6.45, 7) is 13.4. The second kappa shape index (κ2) is 17.3. The average molecular weight is 511 g/mol. The van der Waals surface area contributed by atoms with Crippen LogP contribution in [-0.4, -0.2) is 87.1 Å². The first-order valence-corrected chi connectivity index (χ1v) is 10.8. The van der Waals surface area contributed by atoms with Crippen molar-refractivity contribution in [2.45, 2.75) is 58.9 Å². The number of piperidine rings is 1. The van der Waals surface area contributed by atoms with Crippen molar-refractivity contribution >= 4 is 35.8 Å². The van der Waals surface area contributed by atoms with Gasteiger partial charge in [0.25, 0.3) is 0 Å². The molecule has 8 heteroatoms. The Morgan fingerprint density at radius 2 is 1.82 bits per heavy atom. The lowest BCUT2D eigenvalue weighted by Gasteiger charge is -2.32. The third-order valence-electron chi connectivity index (χ3n) is 4.86. The average Bonchev–Trinajstić information content (AvgIpc) is 2.66. The predicted octanol–water partition coefficient (Wildman–Crippen LogP) is 1.88. The first kappa shape index (κ1) is 27.4. The summed E-state index contributed by atoms with van der Waals surface area (Å²) in [7, 11) is 2.16. The van der Waals surface area contributed by atoms with Crippen LogP contribution in [0.15, 0.2) is 4.99 Å². The Hall–Kier alpha value is -0.610. The van der Waals surface area contributed by atoms with Crippen LogP contribution in [0.1, 0.15) is 52.9 Å². The Balaban J connectivity index is 0.00000729. The van der Waals surface area contributed by atoms with E-state index < -0.39 is 0 Å². The molecular weight excluding hydrogens is 467 g/mol. The SMILES string of the molecule is CCCCN(C)CCN=C(NCC)NC1CCN(CC(=O)NCCC)CC1.I. The van der Waals surface area contributed by atoms with Gasteiger partial charge in [-0.1, -0.05) is 20.3 Å². The zero-order valence-corrected chi connectivity index (χ0v) is 20.8. The quantitative estimate of drug-likeness (QED) is 0.213. The third-order valence-corrected chi connectivity index (χ3v) is 4.86. The summed E-state index contributed by atoms with van der Waals surface area (Å²) in [6, 6.07) is 0.426. The highest BCUT2D eigenvalue weighted by Gasteiger charge is 2.21. The highest BCUT2D eigenvalue weighted by atomic mass is 127. The summed E-state index contributed by atoms with van der Waals surface area (Å²) in [5.74, 6) is 1.06. The first-order valence-electron chi connectivity index (χ1n) is 10.8. The Labute approximate surface area is 189 Å². The van der Waals surface area contributed by atoms with Gasteiger partial charge in [0.15, 0.2) is 5.96 Å². The molecule has 1 fully saturated rings. The minimum absolute atomic E-state index is 0. The molecule has 1 heterocycles. The van der Waals surface area contributed by atoms with Crippen LogP contribution in [-0.2, 0) is 4.79 Å². The summed E-state index contributed by atoms with van der Waals surface area (Å²) in [4.78, 5) is 21.2. The van der Waals surface area contributed by atoms with E-state index in [4.69, 9.17) is 4.99 Å². The number of aliphatic imine (C=N–C) groups is 1. The lowest BCUT2D eigenvalue weighted by Crippen LogP contribution is -2.50. The van der Waals surface area contributed by atoms with E-state index in [1.807, 2.05) is 0 Å². The number of halogens is 1. The number of hydrogen-bond acceptors (Lipinski definition) is 4. The van der Waals surface area contributed by atoms with Gasteiger partial charge in [-0.3, -0.25) is 14.7 Å². The van der Waals surface area contributed by atoms with E-state index in [1.54, 1.807) is 0 Å². The number of likely N-dealkylation sites (N-methyl/N-ethyl adjacent to an activating group) is 1. The van der Waals surface area contributed by atoms with E-state index in [-0.39, 0.29) is 29.9 Å². The van der Waals surface area contributed by atoms with Crippen LogP contribution >= 0.6 is 24.0 Å². The number of hydrogen-bond donors (Lipinski definition) is 3. The predicted molar refractivity (Wildman–Crippen MR) is 130 cm³/mol. The number of likely N-dealkylation sites (tertiary alicyclic amines) is 1. The summed E-state index contributed by atoms with van der Waals surface area (Å²) < 4.78 is 0. The number of carbonyl (C=O) groups excluding carboxylic acids is 1. The molecule has 3 N–H and O–H groups in total. The van der Waals surface area contributed by atoms with Gasteiger partial charge in [0.05, 0.1) is 13.1 Å². The van der Waals surface area contributed by atoms with Gasteiger partial charge in [0, 0.05) is 38.8 Å². The molecule has 0 unspecified atom stereocenters. The van der Waals surface area contributed by atoms with E-state index >= 15 is 0 Å². The maximum atomic E-state index is 11.9. The van der Waals surface area contributed by atoms with E-state index in [0.29, 0.717) is 12.6 Å². The fourth-order valence-electron chi connectivity index (χ4n) is 3.14. The van der Waals surface area contributed by atoms with Crippen molar-refractivity contribution in [3.05, 3.63) is 0 Å². The highest BCUT2D eigenvalue weighted by Crippen LogP contribution is 2.09. The minimum Gasteiger partial charge on any atom is -0.357 e. The molecule has 7 nitrogen and oxygen atoms in total. The molecule has 0 bridgehead atoms. The van der Waals surface area contributed by atoms with Crippen molar-refractivity contribution in [3.8, 4) is 0 Å². The molecule has 0 aliphatic carbocycles. The van der Waals surface area contributed by atoms with Crippen LogP contribution in [0.5, 0.6) is 0 Å². The largest absolute Gasteiger partial charge is 0.357 e. The fraction of sp³-hybridized carbons (Fsp3) is 0.900. The van der Waals surface area contributed by atoms with Gasteiger partial charge in [-0.15, -0.1) is 24.0 Å². The Kier molecular flexibility index (Phi) is 16.9. The molecule has 1 amide bonds. The van der Waals surface area contributed by atoms with Crippen molar-refractivity contribution < 1.29 is 4.79 Å². The van der Waals surface area contributed by atoms with Crippen LogP contribution in [0.4, 0.5) is 0 Å². The van der Waals surface area contributed by atoms with Gasteiger partial charge in [-0.05, 0) is 46.2 Å². The van der Waals surface area contributed by atoms with Crippen LogP contribution < -0.4 is 16.0 Å². The van der Waals surface area contributed by atoms with Gasteiger partial charge >= 0.3 is 0 Å². The van der Waals surface area contributed by atoms with Crippen molar-refractivity contribution in [3.63, 3.8) is 0 Å². The standard InChI is InChI=1S/C20H42N6O.HI/c1-5-8-13-25(4)16-12-23-20(21-7-3)24-18-9-14-26(15-10-18)17-19(27)22-11-6-2;/h18H,5-17H2,1-4H3,(H,22,27)(H2,21,23,24);1H. The van der Waals surface area contributed by atoms with Crippen LogP contribution in [0.3, 0.4) is 0 Å². The highest BCUT2D eigenvalue weighted by molar-refractivity contribution is 14.0. The number of rotatable bonds is 12. The molecule has 0 spiro atoms. The molecule has 28 heavy (non-hydrogen) atoms. The summed E-state index contributed by atoms with van der Waals surface area (Å²) >= 11 is 0. The number of guanidine groups is 1. The van der Waals surface area contributed by atoms with Gasteiger partial charge < -0.3 is 20.9 Å². The van der Waals surface area contributed by atoms with Crippen LogP contribution in [0.2, 0.25) is 0 Å². The second-order valence-electron chi connectivity index (χ2n) is 7.46. The Morgan fingerprint density at radius 3 is 2.43 bits per heavy atom. The zero-order valence-electron chi connectivity index (χ0n) is 18.4. The number of unbranched alkanes of at least 4 members (excludes halogenated alkanes) is 1. The molecule has 1 saturated heterocycles. The first-order chi connectivity index (χ1) is 13.1. The van der Waals surface area contributed by atoms with Crippen LogP contribution in [0.25, 0.3) is 0 Å². The maximum absolute atomic E-state index is 11.9. The number of carbonyl (C=O) groups is 1. The van der Waals surface area contributed by atoms with Crippen molar-refractivity contribution in [1.82, 2.24) is 25.8 Å². The Morgan fingerprint density at radius 1 is 1.11 bits per heavy atom. The summed E-state index contributed by atoms with van der Waals surface area (Å²) in [5.41, 5.74) is 0. The van der Waals surface area contributed by atoms with E-state index in [0.717, 1.165) is 71.0 Å². The molecule has 1 aliphatic heterocycles. The summed E-state index contributed by atoms with van der Waals surface area (Å²) in [6.07, 6.45) is 5.55. The van der Waals surface area contributed by atoms with Crippen molar-refractivity contribution in [2.75, 3.05) is 59.4 Å². The minimum atomic E-state index is 0. The molecule has 1 rings (SSSR count). The molecule has 0 atom stereocenters. The van der Waals surface area contributed by atoms with E-state index in [9.17, 15) is 4.79 Å². The van der Waals surface area contributed by atoms with Crippen molar-refractivity contribution in [2.24, 2.45) is 4.99 Å². The molecule has 0 aromatic heterocycles. The van der Waals surface area contributed by atoms with Gasteiger partial charge in [-0.2, -0.15) is 0 Å². The topological polar surface area (TPSA) is 72.0 Å². The number of nitrogens with zero attached hydrogens (tertiary/aromatic N) is 3. The lowest BCUT2D eigenvalue weighted by atomic mass is 10.1.